The molecule has 0 aliphatic rings. The van der Waals surface area contributed by atoms with E-state index in [1.54, 1.807) is 23.7 Å². The van der Waals surface area contributed by atoms with Gasteiger partial charge in [-0.25, -0.2) is 4.39 Å². The van der Waals surface area contributed by atoms with E-state index in [-0.39, 0.29) is 24.6 Å². The average molecular weight is 421 g/mol. The molecule has 152 valence electrons. The minimum Gasteiger partial charge on any atom is -0.309 e. The van der Waals surface area contributed by atoms with Crippen molar-refractivity contribution in [3.63, 3.8) is 0 Å². The normalized spacial score (nSPS) is 10.9. The molecule has 0 fully saturated rings. The summed E-state index contributed by atoms with van der Waals surface area (Å²) in [5, 5.41) is 22.1. The summed E-state index contributed by atoms with van der Waals surface area (Å²) in [7, 11) is 0. The van der Waals surface area contributed by atoms with E-state index < -0.39 is 10.7 Å². The zero-order valence-electron chi connectivity index (χ0n) is 15.7. The molecule has 0 bridgehead atoms. The largest absolute Gasteiger partial charge is 0.309 e. The smallest absolute Gasteiger partial charge is 0.309 e. The van der Waals surface area contributed by atoms with E-state index in [1.807, 2.05) is 6.92 Å². The van der Waals surface area contributed by atoms with Crippen molar-refractivity contribution in [2.75, 3.05) is 5.32 Å². The van der Waals surface area contributed by atoms with Crippen LogP contribution in [0.5, 0.6) is 0 Å². The predicted octanol–water partition coefficient (Wildman–Crippen LogP) is 3.47. The molecule has 2 heterocycles. The first-order chi connectivity index (χ1) is 13.7. The Morgan fingerprint density at radius 1 is 1.31 bits per heavy atom. The number of carbonyl (C=O) groups excluding carboxylic acids is 1. The number of aryl methyl sites for hydroxylation is 2. The number of nitro groups is 1. The summed E-state index contributed by atoms with van der Waals surface area (Å²) in [4.78, 5) is 22.6. The first-order valence-electron chi connectivity index (χ1n) is 8.69. The van der Waals surface area contributed by atoms with Gasteiger partial charge in [-0.2, -0.15) is 10.2 Å². The molecule has 0 spiro atoms. The van der Waals surface area contributed by atoms with E-state index in [0.29, 0.717) is 28.6 Å². The number of benzene rings is 1. The Balaban J connectivity index is 1.61. The van der Waals surface area contributed by atoms with Gasteiger partial charge in [-0.1, -0.05) is 17.7 Å². The van der Waals surface area contributed by atoms with E-state index >= 15 is 0 Å². The molecule has 0 unspecified atom stereocenters. The minimum atomic E-state index is -0.512. The summed E-state index contributed by atoms with van der Waals surface area (Å²) in [5.41, 5.74) is 1.80. The number of hydrogen-bond donors (Lipinski definition) is 1. The van der Waals surface area contributed by atoms with E-state index in [0.717, 1.165) is 5.69 Å². The number of rotatable bonds is 7. The lowest BCUT2D eigenvalue weighted by molar-refractivity contribution is -0.385. The molecule has 0 aliphatic heterocycles. The van der Waals surface area contributed by atoms with Crippen molar-refractivity contribution in [3.05, 3.63) is 68.4 Å². The molecular weight excluding hydrogens is 403 g/mol. The van der Waals surface area contributed by atoms with Gasteiger partial charge >= 0.3 is 5.69 Å². The SMILES string of the molecule is Cc1cc(NC(=O)CCn2ncc([N+](=O)[O-])c2C)nn1Cc1ccc(F)cc1Cl. The molecule has 0 saturated heterocycles. The van der Waals surface area contributed by atoms with Crippen LogP contribution in [0.2, 0.25) is 5.02 Å². The molecule has 0 atom stereocenters. The summed E-state index contributed by atoms with van der Waals surface area (Å²) in [6.45, 7) is 3.94. The number of amides is 1. The second kappa shape index (κ2) is 8.39. The number of anilines is 1. The van der Waals surface area contributed by atoms with Gasteiger partial charge in [0.15, 0.2) is 5.82 Å². The van der Waals surface area contributed by atoms with Gasteiger partial charge in [-0.05, 0) is 31.5 Å². The van der Waals surface area contributed by atoms with Gasteiger partial charge in [-0.15, -0.1) is 0 Å². The van der Waals surface area contributed by atoms with Gasteiger partial charge in [0.2, 0.25) is 5.91 Å². The van der Waals surface area contributed by atoms with Crippen molar-refractivity contribution in [2.45, 2.75) is 33.4 Å². The van der Waals surface area contributed by atoms with Crippen molar-refractivity contribution in [3.8, 4) is 0 Å². The third-order valence-electron chi connectivity index (χ3n) is 4.41. The molecule has 3 rings (SSSR count). The second-order valence-electron chi connectivity index (χ2n) is 6.46. The highest BCUT2D eigenvalue weighted by Gasteiger charge is 2.17. The molecule has 0 saturated carbocycles. The Morgan fingerprint density at radius 3 is 2.72 bits per heavy atom. The fraction of sp³-hybridized carbons (Fsp3) is 0.278. The Labute approximate surface area is 170 Å². The maximum absolute atomic E-state index is 13.2. The van der Waals surface area contributed by atoms with E-state index in [1.165, 1.54) is 23.0 Å². The molecule has 1 amide bonds. The standard InChI is InChI=1S/C18H18ClFN6O3/c1-11-7-17(23-25(11)10-13-3-4-14(20)8-15(13)19)22-18(27)5-6-24-12(2)16(9-21-24)26(28)29/h3-4,7-9H,5-6,10H2,1-2H3,(H,22,23,27). The molecule has 2 aromatic heterocycles. The average Bonchev–Trinajstić information content (AvgIpc) is 3.18. The highest BCUT2D eigenvalue weighted by molar-refractivity contribution is 6.31. The summed E-state index contributed by atoms with van der Waals surface area (Å²) < 4.78 is 16.2. The first-order valence-corrected chi connectivity index (χ1v) is 9.07. The first kappa shape index (κ1) is 20.5. The van der Waals surface area contributed by atoms with Crippen LogP contribution in [0.15, 0.2) is 30.5 Å². The van der Waals surface area contributed by atoms with E-state index in [9.17, 15) is 19.3 Å². The molecule has 0 radical (unpaired) electrons. The lowest BCUT2D eigenvalue weighted by Crippen LogP contribution is -2.16. The molecule has 29 heavy (non-hydrogen) atoms. The molecule has 1 aromatic carbocycles. The van der Waals surface area contributed by atoms with Gasteiger partial charge in [-0.3, -0.25) is 24.3 Å². The van der Waals surface area contributed by atoms with Crippen molar-refractivity contribution in [2.24, 2.45) is 0 Å². The summed E-state index contributed by atoms with van der Waals surface area (Å²) in [6.07, 6.45) is 1.24. The maximum atomic E-state index is 13.2. The quantitative estimate of drug-likeness (QED) is 0.465. The van der Waals surface area contributed by atoms with Gasteiger partial charge in [0.1, 0.15) is 17.7 Å². The van der Waals surface area contributed by atoms with Crippen LogP contribution in [0.3, 0.4) is 0 Å². The van der Waals surface area contributed by atoms with Crippen molar-refractivity contribution < 1.29 is 14.1 Å². The fourth-order valence-corrected chi connectivity index (χ4v) is 3.02. The van der Waals surface area contributed by atoms with Crippen LogP contribution >= 0.6 is 11.6 Å². The molecule has 11 heteroatoms. The van der Waals surface area contributed by atoms with Gasteiger partial charge in [0.05, 0.1) is 18.0 Å². The molecule has 9 nitrogen and oxygen atoms in total. The van der Waals surface area contributed by atoms with Gasteiger partial charge in [0.25, 0.3) is 0 Å². The number of nitrogens with zero attached hydrogens (tertiary/aromatic N) is 5. The fourth-order valence-electron chi connectivity index (χ4n) is 2.80. The molecule has 0 aliphatic carbocycles. The van der Waals surface area contributed by atoms with Crippen LogP contribution in [-0.4, -0.2) is 30.4 Å². The third-order valence-corrected chi connectivity index (χ3v) is 4.76. The van der Waals surface area contributed by atoms with Crippen LogP contribution in [-0.2, 0) is 17.9 Å². The van der Waals surface area contributed by atoms with Crippen molar-refractivity contribution in [1.82, 2.24) is 19.6 Å². The van der Waals surface area contributed by atoms with Crippen LogP contribution in [0.25, 0.3) is 0 Å². The molecular formula is C18H18ClFN6O3. The van der Waals surface area contributed by atoms with Crippen LogP contribution < -0.4 is 5.32 Å². The lowest BCUT2D eigenvalue weighted by Gasteiger charge is -2.07. The summed E-state index contributed by atoms with van der Waals surface area (Å²) in [6, 6.07) is 5.85. The Hall–Kier alpha value is -3.27. The Kier molecular flexibility index (Phi) is 5.92. The number of carbonyl (C=O) groups is 1. The van der Waals surface area contributed by atoms with Crippen molar-refractivity contribution >= 4 is 29.0 Å². The number of aromatic nitrogens is 4. The van der Waals surface area contributed by atoms with E-state index in [4.69, 9.17) is 11.6 Å². The monoisotopic (exact) mass is 420 g/mol. The van der Waals surface area contributed by atoms with E-state index in [2.05, 4.69) is 15.5 Å². The highest BCUT2D eigenvalue weighted by atomic mass is 35.5. The maximum Gasteiger partial charge on any atom is 0.309 e. The Bertz CT molecular complexity index is 1080. The number of halogens is 2. The second-order valence-corrected chi connectivity index (χ2v) is 6.87. The zero-order chi connectivity index (χ0) is 21.1. The van der Waals surface area contributed by atoms with Crippen LogP contribution in [0.1, 0.15) is 23.4 Å². The summed E-state index contributed by atoms with van der Waals surface area (Å²) >= 11 is 6.06. The van der Waals surface area contributed by atoms with Gasteiger partial charge in [0, 0.05) is 23.2 Å². The third kappa shape index (κ3) is 4.77. The minimum absolute atomic E-state index is 0.0787. The molecule has 1 N–H and O–H groups in total. The zero-order valence-corrected chi connectivity index (χ0v) is 16.5. The number of hydrogen-bond acceptors (Lipinski definition) is 5. The van der Waals surface area contributed by atoms with Crippen LogP contribution in [0, 0.1) is 29.8 Å². The topological polar surface area (TPSA) is 108 Å². The lowest BCUT2D eigenvalue weighted by atomic mass is 10.2. The Morgan fingerprint density at radius 2 is 2.07 bits per heavy atom. The predicted molar refractivity (Wildman–Crippen MR) is 104 cm³/mol. The van der Waals surface area contributed by atoms with Crippen LogP contribution in [0.4, 0.5) is 15.9 Å². The molecule has 3 aromatic rings. The van der Waals surface area contributed by atoms with Gasteiger partial charge < -0.3 is 5.32 Å². The highest BCUT2D eigenvalue weighted by Crippen LogP contribution is 2.20. The summed E-state index contributed by atoms with van der Waals surface area (Å²) in [5.74, 6) is -0.345. The number of nitrogens with one attached hydrogen (secondary N) is 1. The van der Waals surface area contributed by atoms with Crippen molar-refractivity contribution in [1.29, 1.82) is 0 Å².